The highest BCUT2D eigenvalue weighted by atomic mass is 16.7. The minimum Gasteiger partial charge on any atom is -0.341 e. The van der Waals surface area contributed by atoms with Crippen molar-refractivity contribution in [1.82, 2.24) is 9.13 Å². The maximum Gasteiger partial charge on any atom is 0.331 e. The molecule has 5 aromatic carbocycles. The van der Waals surface area contributed by atoms with Gasteiger partial charge in [0.05, 0.1) is 11.4 Å². The molecule has 7 rings (SSSR count). The number of rotatable bonds is 10. The SMILES string of the molecule is CCn1c2ccc(C(=O)c3ccc(C(=O)c4ccc5c(c4)c4cc(C(C)=NOC(C)=O)ccc4n5CC)cc3)cc2c2cc(C(C)=NOC(C)=O)ccc21. The van der Waals surface area contributed by atoms with Crippen LogP contribution in [-0.2, 0) is 32.4 Å². The molecule has 0 atom stereocenters. The Morgan fingerprint density at radius 1 is 0.444 bits per heavy atom. The minimum absolute atomic E-state index is 0.158. The summed E-state index contributed by atoms with van der Waals surface area (Å²) in [6.45, 7) is 11.8. The van der Waals surface area contributed by atoms with Crippen molar-refractivity contribution in [2.75, 3.05) is 0 Å². The fourth-order valence-electron chi connectivity index (χ4n) is 7.10. The summed E-state index contributed by atoms with van der Waals surface area (Å²) in [5.74, 6) is -1.30. The molecule has 0 N–H and O–H groups in total. The fourth-order valence-corrected chi connectivity index (χ4v) is 7.10. The molecule has 0 radical (unpaired) electrons. The number of ketones is 2. The number of carbonyl (C=O) groups excluding carboxylic acids is 4. The van der Waals surface area contributed by atoms with E-state index in [-0.39, 0.29) is 11.6 Å². The predicted molar refractivity (Wildman–Crippen MR) is 211 cm³/mol. The van der Waals surface area contributed by atoms with Crippen LogP contribution in [-0.4, -0.2) is 44.1 Å². The van der Waals surface area contributed by atoms with E-state index in [1.165, 1.54) is 13.8 Å². The Hall–Kier alpha value is -6.68. The van der Waals surface area contributed by atoms with Gasteiger partial charge in [0.15, 0.2) is 11.6 Å². The van der Waals surface area contributed by atoms with Gasteiger partial charge in [-0.2, -0.15) is 0 Å². The highest BCUT2D eigenvalue weighted by Crippen LogP contribution is 2.33. The molecule has 7 aromatic rings. The van der Waals surface area contributed by atoms with Crippen LogP contribution >= 0.6 is 0 Å². The number of fused-ring (bicyclic) bond motifs is 6. The maximum atomic E-state index is 13.8. The topological polar surface area (TPSA) is 121 Å². The van der Waals surface area contributed by atoms with E-state index in [1.54, 1.807) is 38.1 Å². The van der Waals surface area contributed by atoms with Gasteiger partial charge in [-0.05, 0) is 99.5 Å². The first-order valence-corrected chi connectivity index (χ1v) is 17.8. The van der Waals surface area contributed by atoms with Gasteiger partial charge in [0.1, 0.15) is 0 Å². The van der Waals surface area contributed by atoms with E-state index >= 15 is 0 Å². The molecule has 0 amide bonds. The zero-order valence-corrected chi connectivity index (χ0v) is 30.9. The number of nitrogens with zero attached hydrogens (tertiary/aromatic N) is 4. The molecule has 10 nitrogen and oxygen atoms in total. The lowest BCUT2D eigenvalue weighted by Crippen LogP contribution is -2.05. The number of hydrogen-bond acceptors (Lipinski definition) is 8. The van der Waals surface area contributed by atoms with Gasteiger partial charge in [-0.25, -0.2) is 9.59 Å². The second-order valence-corrected chi connectivity index (χ2v) is 13.2. The Bertz CT molecular complexity index is 2560. The third kappa shape index (κ3) is 6.47. The average molecular weight is 719 g/mol. The van der Waals surface area contributed by atoms with E-state index in [1.807, 2.05) is 72.8 Å². The van der Waals surface area contributed by atoms with Gasteiger partial charge in [0, 0.05) is 92.8 Å². The maximum absolute atomic E-state index is 13.8. The van der Waals surface area contributed by atoms with Gasteiger partial charge in [-0.1, -0.05) is 46.7 Å². The largest absolute Gasteiger partial charge is 0.341 e. The van der Waals surface area contributed by atoms with E-state index in [4.69, 9.17) is 9.68 Å². The van der Waals surface area contributed by atoms with E-state index in [2.05, 4.69) is 33.3 Å². The molecule has 0 fully saturated rings. The molecular formula is C44H38N4O6. The molecule has 0 spiro atoms. The van der Waals surface area contributed by atoms with Crippen LogP contribution in [0, 0.1) is 0 Å². The summed E-state index contributed by atoms with van der Waals surface area (Å²) < 4.78 is 4.39. The monoisotopic (exact) mass is 718 g/mol. The lowest BCUT2D eigenvalue weighted by molar-refractivity contribution is -0.141. The van der Waals surface area contributed by atoms with Crippen LogP contribution < -0.4 is 0 Å². The van der Waals surface area contributed by atoms with E-state index < -0.39 is 11.9 Å². The Kier molecular flexibility index (Phi) is 9.51. The summed E-state index contributed by atoms with van der Waals surface area (Å²) in [4.78, 5) is 60.0. The molecule has 2 aromatic heterocycles. The predicted octanol–water partition coefficient (Wildman–Crippen LogP) is 8.98. The highest BCUT2D eigenvalue weighted by molar-refractivity contribution is 6.18. The van der Waals surface area contributed by atoms with Crippen molar-refractivity contribution in [3.8, 4) is 0 Å². The Morgan fingerprint density at radius 2 is 0.722 bits per heavy atom. The van der Waals surface area contributed by atoms with E-state index in [0.29, 0.717) is 33.7 Å². The second kappa shape index (κ2) is 14.4. The van der Waals surface area contributed by atoms with E-state index in [9.17, 15) is 19.2 Å². The Morgan fingerprint density at radius 3 is 1.02 bits per heavy atom. The molecule has 0 saturated heterocycles. The number of carbonyl (C=O) groups is 4. The third-order valence-corrected chi connectivity index (χ3v) is 9.75. The normalized spacial score (nSPS) is 12.2. The number of benzene rings is 5. The summed E-state index contributed by atoms with van der Waals surface area (Å²) in [5.41, 5.74) is 8.75. The minimum atomic E-state index is -0.493. The first-order valence-electron chi connectivity index (χ1n) is 17.8. The summed E-state index contributed by atoms with van der Waals surface area (Å²) in [6, 6.07) is 30.1. The molecule has 0 saturated carbocycles. The second-order valence-electron chi connectivity index (χ2n) is 13.2. The summed E-state index contributed by atoms with van der Waals surface area (Å²) in [6.07, 6.45) is 0. The highest BCUT2D eigenvalue weighted by Gasteiger charge is 2.19. The van der Waals surface area contributed by atoms with Crippen molar-refractivity contribution in [2.24, 2.45) is 10.3 Å². The molecule has 0 aliphatic heterocycles. The fraction of sp³-hybridized carbons (Fsp3) is 0.182. The quantitative estimate of drug-likeness (QED) is 0.0603. The van der Waals surface area contributed by atoms with Crippen LogP contribution in [0.4, 0.5) is 0 Å². The number of hydrogen-bond donors (Lipinski definition) is 0. The molecular weight excluding hydrogens is 681 g/mol. The summed E-state index contributed by atoms with van der Waals surface area (Å²) in [5, 5.41) is 11.6. The summed E-state index contributed by atoms with van der Waals surface area (Å²) >= 11 is 0. The van der Waals surface area contributed by atoms with Crippen molar-refractivity contribution < 1.29 is 28.9 Å². The Balaban J connectivity index is 1.19. The molecule has 270 valence electrons. The molecule has 0 aliphatic rings. The standard InChI is InChI=1S/C44H38N4O6/c1-7-47-39-17-13-31(25(3)45-53-27(5)49)21-35(39)37-23-33(15-19-41(37)47)43(51)29-9-11-30(12-10-29)44(52)34-16-20-42-38(24-34)36-22-32(26(4)46-54-28(6)50)14-18-40(36)48(42)8-2/h9-24H,7-8H2,1-6H3. The van der Waals surface area contributed by atoms with E-state index in [0.717, 1.165) is 67.8 Å². The van der Waals surface area contributed by atoms with Gasteiger partial charge in [-0.3, -0.25) is 9.59 Å². The van der Waals surface area contributed by atoms with Crippen molar-refractivity contribution in [3.05, 3.63) is 130 Å². The van der Waals surface area contributed by atoms with Crippen molar-refractivity contribution in [1.29, 1.82) is 0 Å². The number of aromatic nitrogens is 2. The Labute approximate surface area is 311 Å². The molecule has 2 heterocycles. The third-order valence-electron chi connectivity index (χ3n) is 9.75. The average Bonchev–Trinajstić information content (AvgIpc) is 3.68. The van der Waals surface area contributed by atoms with Crippen LogP contribution in [0.5, 0.6) is 0 Å². The molecule has 0 aliphatic carbocycles. The smallest absolute Gasteiger partial charge is 0.331 e. The van der Waals surface area contributed by atoms with Gasteiger partial charge in [0.2, 0.25) is 0 Å². The first-order chi connectivity index (χ1) is 26.0. The molecule has 54 heavy (non-hydrogen) atoms. The lowest BCUT2D eigenvalue weighted by atomic mass is 9.97. The van der Waals surface area contributed by atoms with Crippen LogP contribution in [0.3, 0.4) is 0 Å². The molecule has 0 bridgehead atoms. The van der Waals surface area contributed by atoms with Crippen LogP contribution in [0.15, 0.2) is 107 Å². The summed E-state index contributed by atoms with van der Waals surface area (Å²) in [7, 11) is 0. The zero-order valence-electron chi connectivity index (χ0n) is 30.9. The van der Waals surface area contributed by atoms with Crippen LogP contribution in [0.1, 0.15) is 84.5 Å². The molecule has 10 heteroatoms. The van der Waals surface area contributed by atoms with Crippen molar-refractivity contribution in [2.45, 2.75) is 54.6 Å². The molecule has 0 unspecified atom stereocenters. The van der Waals surface area contributed by atoms with Gasteiger partial charge >= 0.3 is 11.9 Å². The van der Waals surface area contributed by atoms with Gasteiger partial charge < -0.3 is 18.8 Å². The van der Waals surface area contributed by atoms with Gasteiger partial charge in [-0.15, -0.1) is 0 Å². The zero-order chi connectivity index (χ0) is 38.3. The van der Waals surface area contributed by atoms with Crippen LogP contribution in [0.25, 0.3) is 43.6 Å². The number of oxime groups is 2. The first kappa shape index (κ1) is 35.7. The van der Waals surface area contributed by atoms with Gasteiger partial charge in [0.25, 0.3) is 0 Å². The van der Waals surface area contributed by atoms with Crippen molar-refractivity contribution >= 4 is 78.5 Å². The lowest BCUT2D eigenvalue weighted by Gasteiger charge is -2.07. The van der Waals surface area contributed by atoms with Crippen LogP contribution in [0.2, 0.25) is 0 Å². The van der Waals surface area contributed by atoms with Crippen molar-refractivity contribution in [3.63, 3.8) is 0 Å². The number of aryl methyl sites for hydroxylation is 2.